The third kappa shape index (κ3) is 8.33. The molecule has 0 amide bonds. The average molecular weight is 864 g/mol. The first kappa shape index (κ1) is 45.3. The van der Waals surface area contributed by atoms with Crippen molar-refractivity contribution in [1.29, 1.82) is 0 Å². The summed E-state index contributed by atoms with van der Waals surface area (Å²) in [6.45, 7) is 30.7. The maximum absolute atomic E-state index is 6.52. The molecule has 9 rings (SSSR count). The van der Waals surface area contributed by atoms with Gasteiger partial charge in [0.2, 0.25) is 0 Å². The van der Waals surface area contributed by atoms with Gasteiger partial charge in [-0.15, -0.1) is 0 Å². The first-order chi connectivity index (χ1) is 30.4. The fourth-order valence-corrected chi connectivity index (χ4v) is 9.44. The zero-order valence-corrected chi connectivity index (χ0v) is 41.3. The zero-order valence-electron chi connectivity index (χ0n) is 41.3. The molecule has 2 fully saturated rings. The summed E-state index contributed by atoms with van der Waals surface area (Å²) in [7, 11) is -0.921. The van der Waals surface area contributed by atoms with Gasteiger partial charge in [0.15, 0.2) is 0 Å². The van der Waals surface area contributed by atoms with Gasteiger partial charge in [0.1, 0.15) is 0 Å². The molecular formula is C58H67B2NO4. The molecule has 6 aromatic rings. The van der Waals surface area contributed by atoms with Crippen LogP contribution in [0.2, 0.25) is 0 Å². The second kappa shape index (κ2) is 15.9. The molecule has 1 aliphatic carbocycles. The van der Waals surface area contributed by atoms with Gasteiger partial charge >= 0.3 is 14.2 Å². The van der Waals surface area contributed by atoms with E-state index in [2.05, 4.69) is 229 Å². The van der Waals surface area contributed by atoms with Crippen LogP contribution in [-0.4, -0.2) is 36.6 Å². The van der Waals surface area contributed by atoms with Crippen molar-refractivity contribution in [1.82, 2.24) is 0 Å². The average Bonchev–Trinajstić information content (AvgIpc) is 3.60. The highest BCUT2D eigenvalue weighted by Gasteiger charge is 2.53. The molecule has 0 unspecified atom stereocenters. The van der Waals surface area contributed by atoms with Gasteiger partial charge in [-0.05, 0) is 170 Å². The highest BCUT2D eigenvalue weighted by Crippen LogP contribution is 2.47. The molecule has 2 aliphatic heterocycles. The third-order valence-corrected chi connectivity index (χ3v) is 15.0. The van der Waals surface area contributed by atoms with Gasteiger partial charge in [-0.25, -0.2) is 0 Å². The molecule has 6 aromatic carbocycles. The fourth-order valence-electron chi connectivity index (χ4n) is 9.44. The van der Waals surface area contributed by atoms with Crippen molar-refractivity contribution in [3.63, 3.8) is 0 Å². The van der Waals surface area contributed by atoms with Crippen molar-refractivity contribution in [3.8, 4) is 22.3 Å². The minimum atomic E-state index is -0.460. The molecule has 0 radical (unpaired) electrons. The van der Waals surface area contributed by atoms with Crippen LogP contribution in [0, 0.1) is 0 Å². The van der Waals surface area contributed by atoms with Gasteiger partial charge in [-0.1, -0.05) is 139 Å². The third-order valence-electron chi connectivity index (χ3n) is 15.0. The van der Waals surface area contributed by atoms with Crippen LogP contribution in [0.4, 0.5) is 17.1 Å². The summed E-state index contributed by atoms with van der Waals surface area (Å²) in [6.07, 6.45) is 1.57. The normalized spacial score (nSPS) is 18.4. The first-order valence-corrected chi connectivity index (χ1v) is 23.6. The van der Waals surface area contributed by atoms with Crippen molar-refractivity contribution in [2.24, 2.45) is 0 Å². The SMILES string of the molecule is CC(C)(C)c1ccc2c(c1)Cc1ccccc1-c1c(cccc1N(c1ccc(B3OC(C)(C)C(C)(C)O3)cc1)c1ccc(B3OC(C)(C)C(C)(C)O3)cc1)Cc1cc(C(C)(C)C)ccc1-2. The Kier molecular flexibility index (Phi) is 11.0. The second-order valence-corrected chi connectivity index (χ2v) is 22.8. The topological polar surface area (TPSA) is 40.2 Å². The van der Waals surface area contributed by atoms with E-state index in [0.29, 0.717) is 0 Å². The highest BCUT2D eigenvalue weighted by atomic mass is 16.7. The van der Waals surface area contributed by atoms with Crippen molar-refractivity contribution in [2.75, 3.05) is 4.90 Å². The van der Waals surface area contributed by atoms with Crippen molar-refractivity contribution >= 4 is 42.2 Å². The predicted octanol–water partition coefficient (Wildman–Crippen LogP) is 13.2. The summed E-state index contributed by atoms with van der Waals surface area (Å²) in [5.41, 5.74) is 16.5. The number of hydrogen-bond donors (Lipinski definition) is 0. The van der Waals surface area contributed by atoms with Crippen LogP contribution in [-0.2, 0) is 42.3 Å². The maximum atomic E-state index is 6.52. The summed E-state index contributed by atoms with van der Waals surface area (Å²) < 4.78 is 26.1. The quantitative estimate of drug-likeness (QED) is 0.161. The molecule has 0 spiro atoms. The summed E-state index contributed by atoms with van der Waals surface area (Å²) in [5.74, 6) is 0. The number of fused-ring (bicyclic) bond motifs is 6. The Morgan fingerprint density at radius 3 is 1.25 bits per heavy atom. The molecule has 0 saturated carbocycles. The molecular weight excluding hydrogens is 796 g/mol. The fraction of sp³-hybridized carbons (Fsp3) is 0.379. The van der Waals surface area contributed by atoms with Gasteiger partial charge in [0, 0.05) is 16.9 Å². The van der Waals surface area contributed by atoms with E-state index in [1.54, 1.807) is 0 Å². The Morgan fingerprint density at radius 2 is 0.815 bits per heavy atom. The Labute approximate surface area is 390 Å². The Balaban J connectivity index is 1.25. The van der Waals surface area contributed by atoms with E-state index >= 15 is 0 Å². The molecule has 7 heteroatoms. The van der Waals surface area contributed by atoms with Crippen molar-refractivity contribution in [2.45, 2.75) is 143 Å². The monoisotopic (exact) mass is 864 g/mol. The zero-order chi connectivity index (χ0) is 46.5. The molecule has 0 aromatic heterocycles. The van der Waals surface area contributed by atoms with Crippen molar-refractivity contribution in [3.05, 3.63) is 161 Å². The van der Waals surface area contributed by atoms with Gasteiger partial charge < -0.3 is 23.5 Å². The van der Waals surface area contributed by atoms with Crippen LogP contribution in [0.3, 0.4) is 0 Å². The lowest BCUT2D eigenvalue weighted by Gasteiger charge is -2.32. The molecule has 2 heterocycles. The predicted molar refractivity (Wildman–Crippen MR) is 273 cm³/mol. The van der Waals surface area contributed by atoms with Crippen LogP contribution in [0.1, 0.15) is 130 Å². The lowest BCUT2D eigenvalue weighted by Crippen LogP contribution is -2.41. The summed E-state index contributed by atoms with van der Waals surface area (Å²) in [6, 6.07) is 47.8. The molecule has 65 heavy (non-hydrogen) atoms. The van der Waals surface area contributed by atoms with Crippen LogP contribution in [0.5, 0.6) is 0 Å². The van der Waals surface area contributed by atoms with Crippen LogP contribution in [0.25, 0.3) is 22.3 Å². The van der Waals surface area contributed by atoms with Crippen LogP contribution < -0.4 is 15.8 Å². The van der Waals surface area contributed by atoms with E-state index in [1.807, 2.05) is 0 Å². The largest absolute Gasteiger partial charge is 0.494 e. The molecule has 5 nitrogen and oxygen atoms in total. The highest BCUT2D eigenvalue weighted by molar-refractivity contribution is 6.62. The van der Waals surface area contributed by atoms with E-state index in [9.17, 15) is 0 Å². The van der Waals surface area contributed by atoms with Gasteiger partial charge in [0.25, 0.3) is 0 Å². The number of hydrogen-bond acceptors (Lipinski definition) is 5. The van der Waals surface area contributed by atoms with Gasteiger partial charge in [-0.2, -0.15) is 0 Å². The molecule has 0 atom stereocenters. The Bertz CT molecular complexity index is 2640. The van der Waals surface area contributed by atoms with Crippen LogP contribution in [0.15, 0.2) is 127 Å². The lowest BCUT2D eigenvalue weighted by atomic mass is 9.78. The van der Waals surface area contributed by atoms with Gasteiger partial charge in [0.05, 0.1) is 28.1 Å². The summed E-state index contributed by atoms with van der Waals surface area (Å²) in [4.78, 5) is 2.42. The molecule has 0 N–H and O–H groups in total. The van der Waals surface area contributed by atoms with E-state index in [-0.39, 0.29) is 10.8 Å². The molecule has 2 saturated heterocycles. The number of rotatable bonds is 5. The number of benzene rings is 6. The summed E-state index contributed by atoms with van der Waals surface area (Å²) >= 11 is 0. The van der Waals surface area contributed by atoms with E-state index in [1.165, 1.54) is 55.6 Å². The van der Waals surface area contributed by atoms with Crippen LogP contribution >= 0.6 is 0 Å². The standard InChI is InChI=1S/C58H67B2NO4/c1-53(2,3)42-22-32-48-40(36-42)34-38-18-15-16-20-50(38)52-39(35-41-37-43(54(4,5)6)23-33-49(41)48)19-17-21-51(52)61(46-28-24-44(25-29-46)59-62-55(7,8)56(9,10)63-59)47-30-26-45(27-31-47)60-64-57(11,12)58(13,14)65-60/h15-33,36-37H,34-35H2,1-14H3. The Hall–Kier alpha value is -4.91. The maximum Gasteiger partial charge on any atom is 0.494 e. The van der Waals surface area contributed by atoms with E-state index in [4.69, 9.17) is 18.6 Å². The minimum Gasteiger partial charge on any atom is -0.399 e. The van der Waals surface area contributed by atoms with E-state index < -0.39 is 36.6 Å². The lowest BCUT2D eigenvalue weighted by molar-refractivity contribution is 0.00578. The van der Waals surface area contributed by atoms with Gasteiger partial charge in [-0.3, -0.25) is 0 Å². The Morgan fingerprint density at radius 1 is 0.415 bits per heavy atom. The minimum absolute atomic E-state index is 0.00413. The number of nitrogens with zero attached hydrogens (tertiary/aromatic N) is 1. The van der Waals surface area contributed by atoms with Crippen molar-refractivity contribution < 1.29 is 18.6 Å². The second-order valence-electron chi connectivity index (χ2n) is 22.8. The molecule has 334 valence electrons. The smallest absolute Gasteiger partial charge is 0.399 e. The molecule has 3 aliphatic rings. The molecule has 0 bridgehead atoms. The number of anilines is 3. The first-order valence-electron chi connectivity index (χ1n) is 23.6. The summed E-state index contributed by atoms with van der Waals surface area (Å²) in [5, 5.41) is 0. The van der Waals surface area contributed by atoms with E-state index in [0.717, 1.165) is 40.8 Å².